The fourth-order valence-electron chi connectivity index (χ4n) is 2.55. The Balaban J connectivity index is 2.02. The highest BCUT2D eigenvalue weighted by molar-refractivity contribution is 7.92. The van der Waals surface area contributed by atoms with E-state index in [-0.39, 0.29) is 17.8 Å². The van der Waals surface area contributed by atoms with E-state index in [1.807, 2.05) is 13.8 Å². The highest BCUT2D eigenvalue weighted by atomic mass is 32.2. The molecule has 0 fully saturated rings. The van der Waals surface area contributed by atoms with Crippen molar-refractivity contribution in [2.24, 2.45) is 0 Å². The first-order valence-corrected chi connectivity index (χ1v) is 10.7. The number of hydrogen-bond donors (Lipinski definition) is 1. The van der Waals surface area contributed by atoms with Crippen LogP contribution in [0.25, 0.3) is 0 Å². The number of nitrogens with zero attached hydrogens (tertiary/aromatic N) is 1. The lowest BCUT2D eigenvalue weighted by Crippen LogP contribution is -2.39. The molecule has 8 heteroatoms. The first kappa shape index (κ1) is 21.7. The second-order valence-corrected chi connectivity index (χ2v) is 8.53. The van der Waals surface area contributed by atoms with Gasteiger partial charge in [0.2, 0.25) is 10.0 Å². The van der Waals surface area contributed by atoms with Gasteiger partial charge in [0.25, 0.3) is 5.91 Å². The normalized spacial score (nSPS) is 13.5. The molecule has 2 aromatic carbocycles. The molecular formula is C20H25FN2O4S. The fraction of sp³-hybridized carbons (Fsp3) is 0.350. The van der Waals surface area contributed by atoms with Crippen molar-refractivity contribution in [1.82, 2.24) is 5.32 Å². The molecule has 28 heavy (non-hydrogen) atoms. The first-order valence-electron chi connectivity index (χ1n) is 8.88. The van der Waals surface area contributed by atoms with Crippen LogP contribution in [-0.4, -0.2) is 33.7 Å². The summed E-state index contributed by atoms with van der Waals surface area (Å²) in [4.78, 5) is 12.5. The van der Waals surface area contributed by atoms with Crippen molar-refractivity contribution in [3.8, 4) is 5.75 Å². The average molecular weight is 408 g/mol. The molecule has 0 heterocycles. The zero-order valence-electron chi connectivity index (χ0n) is 16.3. The molecule has 2 aromatic rings. The van der Waals surface area contributed by atoms with Gasteiger partial charge in [0.15, 0.2) is 6.10 Å². The number of anilines is 1. The van der Waals surface area contributed by atoms with Crippen LogP contribution < -0.4 is 14.4 Å². The molecule has 0 aromatic heterocycles. The van der Waals surface area contributed by atoms with Crippen molar-refractivity contribution < 1.29 is 22.3 Å². The standard InChI is InChI=1S/C20H25FN2O4S/c1-5-19(20(24)22-14(2)15-6-8-16(21)9-7-15)27-18-12-10-17(11-13-18)23(3)28(4,25)26/h6-14,19H,5H2,1-4H3,(H,22,24)/t14-,19+/m1/s1. The lowest BCUT2D eigenvalue weighted by Gasteiger charge is -2.21. The molecular weight excluding hydrogens is 383 g/mol. The van der Waals surface area contributed by atoms with Gasteiger partial charge in [-0.2, -0.15) is 0 Å². The summed E-state index contributed by atoms with van der Waals surface area (Å²) in [5, 5.41) is 2.86. The number of hydrogen-bond acceptors (Lipinski definition) is 4. The third-order valence-electron chi connectivity index (χ3n) is 4.37. The number of amides is 1. The zero-order valence-corrected chi connectivity index (χ0v) is 17.2. The Hall–Kier alpha value is -2.61. The van der Waals surface area contributed by atoms with Crippen LogP contribution >= 0.6 is 0 Å². The van der Waals surface area contributed by atoms with Gasteiger partial charge in [0.05, 0.1) is 18.0 Å². The Bertz CT molecular complexity index is 899. The van der Waals surface area contributed by atoms with Crippen molar-refractivity contribution in [3.05, 3.63) is 59.9 Å². The van der Waals surface area contributed by atoms with Crippen LogP contribution in [0.5, 0.6) is 5.75 Å². The van der Waals surface area contributed by atoms with Gasteiger partial charge in [0, 0.05) is 7.05 Å². The van der Waals surface area contributed by atoms with Crippen molar-refractivity contribution in [2.75, 3.05) is 17.6 Å². The second-order valence-electron chi connectivity index (χ2n) is 6.52. The van der Waals surface area contributed by atoms with E-state index >= 15 is 0 Å². The average Bonchev–Trinajstić information content (AvgIpc) is 2.65. The van der Waals surface area contributed by atoms with Gasteiger partial charge < -0.3 is 10.1 Å². The highest BCUT2D eigenvalue weighted by Crippen LogP contribution is 2.22. The molecule has 0 saturated heterocycles. The lowest BCUT2D eigenvalue weighted by molar-refractivity contribution is -0.128. The molecule has 6 nitrogen and oxygen atoms in total. The van der Waals surface area contributed by atoms with Crippen LogP contribution in [0, 0.1) is 5.82 Å². The van der Waals surface area contributed by atoms with Gasteiger partial charge >= 0.3 is 0 Å². The Labute approximate surface area is 165 Å². The summed E-state index contributed by atoms with van der Waals surface area (Å²) in [5.41, 5.74) is 1.29. The highest BCUT2D eigenvalue weighted by Gasteiger charge is 2.21. The number of halogens is 1. The van der Waals surface area contributed by atoms with Crippen LogP contribution in [-0.2, 0) is 14.8 Å². The van der Waals surface area contributed by atoms with E-state index < -0.39 is 16.1 Å². The summed E-state index contributed by atoms with van der Waals surface area (Å²) >= 11 is 0. The molecule has 0 radical (unpaired) electrons. The smallest absolute Gasteiger partial charge is 0.261 e. The van der Waals surface area contributed by atoms with Crippen LogP contribution in [0.1, 0.15) is 31.9 Å². The summed E-state index contributed by atoms with van der Waals surface area (Å²) in [7, 11) is -1.88. The van der Waals surface area contributed by atoms with Crippen LogP contribution in [0.15, 0.2) is 48.5 Å². The van der Waals surface area contributed by atoms with Crippen LogP contribution in [0.4, 0.5) is 10.1 Å². The van der Waals surface area contributed by atoms with E-state index in [2.05, 4.69) is 5.32 Å². The van der Waals surface area contributed by atoms with Gasteiger partial charge in [-0.3, -0.25) is 9.10 Å². The van der Waals surface area contributed by atoms with E-state index in [4.69, 9.17) is 4.74 Å². The second kappa shape index (κ2) is 9.05. The molecule has 0 aliphatic heterocycles. The van der Waals surface area contributed by atoms with E-state index in [0.29, 0.717) is 17.9 Å². The van der Waals surface area contributed by atoms with Crippen LogP contribution in [0.2, 0.25) is 0 Å². The molecule has 0 aliphatic carbocycles. The summed E-state index contributed by atoms with van der Waals surface area (Å²) in [6.07, 6.45) is 0.866. The summed E-state index contributed by atoms with van der Waals surface area (Å²) in [6.45, 7) is 3.65. The number of rotatable bonds is 8. The van der Waals surface area contributed by atoms with Gasteiger partial charge in [-0.1, -0.05) is 19.1 Å². The van der Waals surface area contributed by atoms with Crippen molar-refractivity contribution in [1.29, 1.82) is 0 Å². The molecule has 1 amide bonds. The Morgan fingerprint density at radius 3 is 2.21 bits per heavy atom. The minimum absolute atomic E-state index is 0.281. The Kier molecular flexibility index (Phi) is 7.01. The number of carbonyl (C=O) groups excluding carboxylic acids is 1. The first-order chi connectivity index (χ1) is 13.1. The molecule has 0 saturated carbocycles. The number of carbonyl (C=O) groups is 1. The molecule has 0 unspecified atom stereocenters. The van der Waals surface area contributed by atoms with E-state index in [1.54, 1.807) is 36.4 Å². The maximum absolute atomic E-state index is 13.0. The lowest BCUT2D eigenvalue weighted by atomic mass is 10.1. The van der Waals surface area contributed by atoms with Crippen LogP contribution in [0.3, 0.4) is 0 Å². The zero-order chi connectivity index (χ0) is 20.9. The molecule has 0 spiro atoms. The largest absolute Gasteiger partial charge is 0.481 e. The number of nitrogens with one attached hydrogen (secondary N) is 1. The minimum Gasteiger partial charge on any atom is -0.481 e. The van der Waals surface area contributed by atoms with Gasteiger partial charge in [-0.15, -0.1) is 0 Å². The molecule has 2 rings (SSSR count). The van der Waals surface area contributed by atoms with Crippen molar-refractivity contribution in [2.45, 2.75) is 32.4 Å². The maximum atomic E-state index is 13.0. The molecule has 2 atom stereocenters. The molecule has 1 N–H and O–H groups in total. The van der Waals surface area contributed by atoms with E-state index in [0.717, 1.165) is 16.1 Å². The summed E-state index contributed by atoms with van der Waals surface area (Å²) in [5.74, 6) is -0.152. The fourth-order valence-corrected chi connectivity index (χ4v) is 3.06. The topological polar surface area (TPSA) is 75.7 Å². The maximum Gasteiger partial charge on any atom is 0.261 e. The Morgan fingerprint density at radius 1 is 1.14 bits per heavy atom. The summed E-state index contributed by atoms with van der Waals surface area (Å²) < 4.78 is 43.1. The monoisotopic (exact) mass is 408 g/mol. The van der Waals surface area contributed by atoms with Gasteiger partial charge in [0.1, 0.15) is 11.6 Å². The number of ether oxygens (including phenoxy) is 1. The third kappa shape index (κ3) is 5.69. The number of sulfonamides is 1. The van der Waals surface area contributed by atoms with E-state index in [1.165, 1.54) is 19.2 Å². The minimum atomic E-state index is -3.35. The number of benzene rings is 2. The SMILES string of the molecule is CC[C@H](Oc1ccc(N(C)S(C)(=O)=O)cc1)C(=O)N[C@H](C)c1ccc(F)cc1. The third-order valence-corrected chi connectivity index (χ3v) is 5.57. The van der Waals surface area contributed by atoms with Crippen molar-refractivity contribution in [3.63, 3.8) is 0 Å². The predicted octanol–water partition coefficient (Wildman–Crippen LogP) is 3.26. The van der Waals surface area contributed by atoms with Crippen molar-refractivity contribution >= 4 is 21.6 Å². The Morgan fingerprint density at radius 2 is 1.71 bits per heavy atom. The molecule has 0 bridgehead atoms. The molecule has 0 aliphatic rings. The quantitative estimate of drug-likeness (QED) is 0.728. The summed E-state index contributed by atoms with van der Waals surface area (Å²) in [6, 6.07) is 12.1. The van der Waals surface area contributed by atoms with E-state index in [9.17, 15) is 17.6 Å². The van der Waals surface area contributed by atoms with Gasteiger partial charge in [-0.05, 0) is 55.3 Å². The van der Waals surface area contributed by atoms with Gasteiger partial charge in [-0.25, -0.2) is 12.8 Å². The predicted molar refractivity (Wildman–Crippen MR) is 107 cm³/mol. The molecule has 152 valence electrons.